The van der Waals surface area contributed by atoms with Crippen molar-refractivity contribution in [2.75, 3.05) is 0 Å². The largest absolute Gasteiger partial charge is 0.508 e. The Morgan fingerprint density at radius 1 is 1.10 bits per heavy atom. The van der Waals surface area contributed by atoms with Gasteiger partial charge in [0.25, 0.3) is 5.91 Å². The predicted octanol–water partition coefficient (Wildman–Crippen LogP) is 2.85. The molecule has 0 heterocycles. The Bertz CT molecular complexity index is 646. The number of aromatic hydroxyl groups is 1. The monoisotopic (exact) mass is 268 g/mol. The minimum atomic E-state index is -0.244. The Morgan fingerprint density at radius 3 is 2.45 bits per heavy atom. The highest BCUT2D eigenvalue weighted by molar-refractivity contribution is 6.00. The molecule has 0 bridgehead atoms. The fraction of sp³-hybridized carbons (Fsp3) is 0.125. The molecule has 2 N–H and O–H groups in total. The Balaban J connectivity index is 2.08. The zero-order chi connectivity index (χ0) is 14.5. The molecule has 0 aliphatic heterocycles. The van der Waals surface area contributed by atoms with E-state index in [1.807, 2.05) is 19.1 Å². The average Bonchev–Trinajstić information content (AvgIpc) is 2.45. The summed E-state index contributed by atoms with van der Waals surface area (Å²) < 4.78 is 0. The molecule has 0 aromatic heterocycles. The highest BCUT2D eigenvalue weighted by atomic mass is 16.3. The van der Waals surface area contributed by atoms with Gasteiger partial charge in [-0.15, -0.1) is 0 Å². The van der Waals surface area contributed by atoms with Crippen molar-refractivity contribution >= 4 is 11.6 Å². The minimum Gasteiger partial charge on any atom is -0.508 e. The normalized spacial score (nSPS) is 11.2. The first kappa shape index (κ1) is 13.8. The van der Waals surface area contributed by atoms with Crippen LogP contribution in [0.15, 0.2) is 53.6 Å². The van der Waals surface area contributed by atoms with Gasteiger partial charge in [0.05, 0.1) is 5.71 Å². The van der Waals surface area contributed by atoms with Crippen molar-refractivity contribution in [2.24, 2.45) is 5.10 Å². The SMILES string of the molecule is C/C(=N/NC(=O)c1cccc(C)c1)c1ccc(O)cc1. The first-order valence-electron chi connectivity index (χ1n) is 6.27. The Labute approximate surface area is 117 Å². The summed E-state index contributed by atoms with van der Waals surface area (Å²) >= 11 is 0. The maximum Gasteiger partial charge on any atom is 0.271 e. The molecule has 0 aliphatic rings. The lowest BCUT2D eigenvalue weighted by Gasteiger charge is -2.04. The van der Waals surface area contributed by atoms with E-state index in [0.29, 0.717) is 11.3 Å². The van der Waals surface area contributed by atoms with Crippen LogP contribution in [-0.2, 0) is 0 Å². The molecule has 0 radical (unpaired) electrons. The number of nitrogens with zero attached hydrogens (tertiary/aromatic N) is 1. The number of benzene rings is 2. The van der Waals surface area contributed by atoms with Gasteiger partial charge >= 0.3 is 0 Å². The molecule has 20 heavy (non-hydrogen) atoms. The van der Waals surface area contributed by atoms with E-state index < -0.39 is 0 Å². The second-order valence-electron chi connectivity index (χ2n) is 4.55. The van der Waals surface area contributed by atoms with Crippen LogP contribution in [0.3, 0.4) is 0 Å². The van der Waals surface area contributed by atoms with Crippen molar-refractivity contribution in [1.29, 1.82) is 0 Å². The molecule has 1 amide bonds. The van der Waals surface area contributed by atoms with E-state index in [0.717, 1.165) is 11.1 Å². The molecule has 4 nitrogen and oxygen atoms in total. The molecular weight excluding hydrogens is 252 g/mol. The summed E-state index contributed by atoms with van der Waals surface area (Å²) in [6.07, 6.45) is 0. The van der Waals surface area contributed by atoms with Gasteiger partial charge in [0, 0.05) is 5.56 Å². The summed E-state index contributed by atoms with van der Waals surface area (Å²) in [6, 6.07) is 14.0. The van der Waals surface area contributed by atoms with Crippen LogP contribution in [0.2, 0.25) is 0 Å². The fourth-order valence-electron chi connectivity index (χ4n) is 1.75. The maximum absolute atomic E-state index is 11.9. The number of hydrazone groups is 1. The van der Waals surface area contributed by atoms with Crippen molar-refractivity contribution < 1.29 is 9.90 Å². The number of aryl methyl sites for hydroxylation is 1. The van der Waals surface area contributed by atoms with Gasteiger partial charge in [-0.2, -0.15) is 5.10 Å². The minimum absolute atomic E-state index is 0.199. The summed E-state index contributed by atoms with van der Waals surface area (Å²) in [4.78, 5) is 11.9. The van der Waals surface area contributed by atoms with Gasteiger partial charge in [-0.05, 0) is 55.8 Å². The lowest BCUT2D eigenvalue weighted by molar-refractivity contribution is 0.0954. The van der Waals surface area contributed by atoms with E-state index in [1.54, 1.807) is 43.3 Å². The lowest BCUT2D eigenvalue weighted by Crippen LogP contribution is -2.19. The average molecular weight is 268 g/mol. The maximum atomic E-state index is 11.9. The van der Waals surface area contributed by atoms with Crippen LogP contribution >= 0.6 is 0 Å². The van der Waals surface area contributed by atoms with Crippen LogP contribution in [0.5, 0.6) is 5.75 Å². The molecular formula is C16H16N2O2. The summed E-state index contributed by atoms with van der Waals surface area (Å²) in [6.45, 7) is 3.73. The zero-order valence-electron chi connectivity index (χ0n) is 11.4. The first-order chi connectivity index (χ1) is 9.56. The van der Waals surface area contributed by atoms with Crippen molar-refractivity contribution in [2.45, 2.75) is 13.8 Å². The first-order valence-corrected chi connectivity index (χ1v) is 6.27. The van der Waals surface area contributed by atoms with Crippen molar-refractivity contribution in [1.82, 2.24) is 5.43 Å². The standard InChI is InChI=1S/C16H16N2O2/c1-11-4-3-5-14(10-11)16(20)18-17-12(2)13-6-8-15(19)9-7-13/h3-10,19H,1-2H3,(H,18,20)/b17-12-. The van der Waals surface area contributed by atoms with Crippen LogP contribution in [0.1, 0.15) is 28.4 Å². The van der Waals surface area contributed by atoms with E-state index in [9.17, 15) is 9.90 Å². The third-order valence-corrected chi connectivity index (χ3v) is 2.89. The number of rotatable bonds is 3. The second kappa shape index (κ2) is 6.02. The summed E-state index contributed by atoms with van der Waals surface area (Å²) in [5, 5.41) is 13.3. The highest BCUT2D eigenvalue weighted by Crippen LogP contribution is 2.10. The number of nitrogens with one attached hydrogen (secondary N) is 1. The Hall–Kier alpha value is -2.62. The van der Waals surface area contributed by atoms with Gasteiger partial charge in [-0.1, -0.05) is 17.7 Å². The second-order valence-corrected chi connectivity index (χ2v) is 4.55. The van der Waals surface area contributed by atoms with Gasteiger partial charge in [-0.25, -0.2) is 5.43 Å². The van der Waals surface area contributed by atoms with E-state index in [-0.39, 0.29) is 11.7 Å². The van der Waals surface area contributed by atoms with Gasteiger partial charge in [-0.3, -0.25) is 4.79 Å². The number of amides is 1. The fourth-order valence-corrected chi connectivity index (χ4v) is 1.75. The number of phenols is 1. The number of hydrogen-bond donors (Lipinski definition) is 2. The molecule has 2 aromatic carbocycles. The third kappa shape index (κ3) is 3.45. The van der Waals surface area contributed by atoms with Gasteiger partial charge in [0.15, 0.2) is 0 Å². The molecule has 0 saturated heterocycles. The van der Waals surface area contributed by atoms with Crippen LogP contribution in [-0.4, -0.2) is 16.7 Å². The predicted molar refractivity (Wildman–Crippen MR) is 79.0 cm³/mol. The molecule has 0 saturated carbocycles. The van der Waals surface area contributed by atoms with E-state index in [2.05, 4.69) is 10.5 Å². The topological polar surface area (TPSA) is 61.7 Å². The molecule has 102 valence electrons. The number of phenolic OH excluding ortho intramolecular Hbond substituents is 1. The van der Waals surface area contributed by atoms with E-state index >= 15 is 0 Å². The summed E-state index contributed by atoms with van der Waals surface area (Å²) in [5.41, 5.74) is 5.64. The number of carbonyl (C=O) groups is 1. The molecule has 0 spiro atoms. The Morgan fingerprint density at radius 2 is 1.80 bits per heavy atom. The molecule has 0 unspecified atom stereocenters. The molecule has 4 heteroatoms. The van der Waals surface area contributed by atoms with Gasteiger partial charge in [0.1, 0.15) is 5.75 Å². The smallest absolute Gasteiger partial charge is 0.271 e. The van der Waals surface area contributed by atoms with Crippen LogP contribution in [0.4, 0.5) is 0 Å². The van der Waals surface area contributed by atoms with Gasteiger partial charge in [0.2, 0.25) is 0 Å². The number of hydrogen-bond acceptors (Lipinski definition) is 3. The van der Waals surface area contributed by atoms with Crippen molar-refractivity contribution in [3.8, 4) is 5.75 Å². The van der Waals surface area contributed by atoms with E-state index in [1.165, 1.54) is 0 Å². The Kier molecular flexibility index (Phi) is 4.15. The highest BCUT2D eigenvalue weighted by Gasteiger charge is 2.04. The van der Waals surface area contributed by atoms with E-state index in [4.69, 9.17) is 0 Å². The third-order valence-electron chi connectivity index (χ3n) is 2.89. The molecule has 0 fully saturated rings. The van der Waals surface area contributed by atoms with Crippen LogP contribution in [0, 0.1) is 6.92 Å². The quantitative estimate of drug-likeness (QED) is 0.664. The van der Waals surface area contributed by atoms with Crippen LogP contribution < -0.4 is 5.43 Å². The van der Waals surface area contributed by atoms with Crippen molar-refractivity contribution in [3.05, 3.63) is 65.2 Å². The van der Waals surface area contributed by atoms with Crippen LogP contribution in [0.25, 0.3) is 0 Å². The molecule has 2 aromatic rings. The zero-order valence-corrected chi connectivity index (χ0v) is 11.4. The summed E-state index contributed by atoms with van der Waals surface area (Å²) in [5.74, 6) is -0.0443. The molecule has 0 atom stereocenters. The lowest BCUT2D eigenvalue weighted by atomic mass is 10.1. The van der Waals surface area contributed by atoms with Gasteiger partial charge < -0.3 is 5.11 Å². The van der Waals surface area contributed by atoms with Crippen molar-refractivity contribution in [3.63, 3.8) is 0 Å². The summed E-state index contributed by atoms with van der Waals surface area (Å²) in [7, 11) is 0. The molecule has 0 aliphatic carbocycles. The molecule has 2 rings (SSSR count). The number of carbonyl (C=O) groups excluding carboxylic acids is 1.